The molecule has 1 fully saturated rings. The van der Waals surface area contributed by atoms with Gasteiger partial charge in [-0.1, -0.05) is 0 Å². The van der Waals surface area contributed by atoms with E-state index in [1.807, 2.05) is 16.3 Å². The van der Waals surface area contributed by atoms with Gasteiger partial charge in [-0.25, -0.2) is 0 Å². The molecule has 0 saturated carbocycles. The molecule has 1 N–H and O–H groups in total. The molecular formula is C9H11BrN2OS. The molecular weight excluding hydrogens is 264 g/mol. The molecule has 1 aliphatic heterocycles. The fourth-order valence-corrected chi connectivity index (χ4v) is 2.72. The van der Waals surface area contributed by atoms with Crippen LogP contribution >= 0.6 is 27.3 Å². The van der Waals surface area contributed by atoms with Crippen molar-refractivity contribution in [3.05, 3.63) is 20.8 Å². The highest BCUT2D eigenvalue weighted by Gasteiger charge is 2.20. The second-order valence-electron chi connectivity index (χ2n) is 3.15. The molecule has 0 aromatic carbocycles. The number of hydrogen-bond acceptors (Lipinski definition) is 3. The average molecular weight is 275 g/mol. The summed E-state index contributed by atoms with van der Waals surface area (Å²) >= 11 is 4.94. The van der Waals surface area contributed by atoms with Gasteiger partial charge in [0.2, 0.25) is 0 Å². The topological polar surface area (TPSA) is 32.3 Å². The Bertz CT molecular complexity index is 333. The summed E-state index contributed by atoms with van der Waals surface area (Å²) in [4.78, 5) is 13.8. The first-order valence-corrected chi connectivity index (χ1v) is 6.19. The predicted molar refractivity (Wildman–Crippen MR) is 60.8 cm³/mol. The van der Waals surface area contributed by atoms with Crippen LogP contribution in [0.3, 0.4) is 0 Å². The highest BCUT2D eigenvalue weighted by Crippen LogP contribution is 2.24. The van der Waals surface area contributed by atoms with E-state index in [2.05, 4.69) is 21.2 Å². The number of piperazine rings is 1. The monoisotopic (exact) mass is 274 g/mol. The van der Waals surface area contributed by atoms with E-state index in [0.29, 0.717) is 0 Å². The van der Waals surface area contributed by atoms with Crippen LogP contribution in [0, 0.1) is 0 Å². The number of thiophene rings is 1. The highest BCUT2D eigenvalue weighted by molar-refractivity contribution is 9.11. The minimum Gasteiger partial charge on any atom is -0.336 e. The Hall–Kier alpha value is -0.390. The molecule has 1 amide bonds. The van der Waals surface area contributed by atoms with Gasteiger partial charge in [0.1, 0.15) is 0 Å². The number of nitrogens with zero attached hydrogens (tertiary/aromatic N) is 1. The summed E-state index contributed by atoms with van der Waals surface area (Å²) in [5, 5.41) is 5.16. The van der Waals surface area contributed by atoms with E-state index in [4.69, 9.17) is 0 Å². The van der Waals surface area contributed by atoms with Gasteiger partial charge >= 0.3 is 0 Å². The van der Waals surface area contributed by atoms with Crippen LogP contribution in [0.15, 0.2) is 15.2 Å². The SMILES string of the molecule is O=C(c1ccsc1Br)N1CCNCC1. The zero-order valence-corrected chi connectivity index (χ0v) is 10.0. The molecule has 1 aromatic heterocycles. The van der Waals surface area contributed by atoms with E-state index < -0.39 is 0 Å². The molecule has 0 bridgehead atoms. The number of rotatable bonds is 1. The van der Waals surface area contributed by atoms with Crippen molar-refractivity contribution in [2.45, 2.75) is 0 Å². The van der Waals surface area contributed by atoms with Crippen molar-refractivity contribution < 1.29 is 4.79 Å². The van der Waals surface area contributed by atoms with Crippen molar-refractivity contribution in [1.29, 1.82) is 0 Å². The minimum atomic E-state index is 0.139. The quantitative estimate of drug-likeness (QED) is 0.843. The molecule has 1 aliphatic rings. The molecule has 0 aliphatic carbocycles. The number of carbonyl (C=O) groups excluding carboxylic acids is 1. The molecule has 14 heavy (non-hydrogen) atoms. The van der Waals surface area contributed by atoms with E-state index in [-0.39, 0.29) is 5.91 Å². The minimum absolute atomic E-state index is 0.139. The number of halogens is 1. The van der Waals surface area contributed by atoms with Gasteiger partial charge in [0, 0.05) is 26.2 Å². The standard InChI is InChI=1S/C9H11BrN2OS/c10-8-7(1-6-14-8)9(13)12-4-2-11-3-5-12/h1,6,11H,2-5H2. The van der Waals surface area contributed by atoms with Crippen LogP contribution < -0.4 is 5.32 Å². The Balaban J connectivity index is 2.11. The normalized spacial score (nSPS) is 17.1. The van der Waals surface area contributed by atoms with Crippen LogP contribution in [0.25, 0.3) is 0 Å². The lowest BCUT2D eigenvalue weighted by atomic mass is 10.2. The van der Waals surface area contributed by atoms with Crippen LogP contribution in [0.4, 0.5) is 0 Å². The van der Waals surface area contributed by atoms with Crippen LogP contribution in [0.2, 0.25) is 0 Å². The average Bonchev–Trinajstić information content (AvgIpc) is 2.65. The predicted octanol–water partition coefficient (Wildman–Crippen LogP) is 1.56. The lowest BCUT2D eigenvalue weighted by Crippen LogP contribution is -2.46. The fourth-order valence-electron chi connectivity index (χ4n) is 1.48. The molecule has 76 valence electrons. The van der Waals surface area contributed by atoms with Gasteiger partial charge < -0.3 is 10.2 Å². The maximum Gasteiger partial charge on any atom is 0.255 e. The summed E-state index contributed by atoms with van der Waals surface area (Å²) in [6, 6.07) is 1.87. The van der Waals surface area contributed by atoms with Gasteiger partial charge in [-0.15, -0.1) is 11.3 Å². The molecule has 1 saturated heterocycles. The van der Waals surface area contributed by atoms with Crippen molar-refractivity contribution >= 4 is 33.2 Å². The maximum absolute atomic E-state index is 12.0. The molecule has 2 rings (SSSR count). The largest absolute Gasteiger partial charge is 0.336 e. The smallest absolute Gasteiger partial charge is 0.255 e. The second-order valence-corrected chi connectivity index (χ2v) is 5.38. The Morgan fingerprint density at radius 3 is 2.79 bits per heavy atom. The van der Waals surface area contributed by atoms with Gasteiger partial charge in [-0.2, -0.15) is 0 Å². The van der Waals surface area contributed by atoms with Crippen LogP contribution in [0.5, 0.6) is 0 Å². The maximum atomic E-state index is 12.0. The van der Waals surface area contributed by atoms with Crippen molar-refractivity contribution in [2.24, 2.45) is 0 Å². The van der Waals surface area contributed by atoms with Crippen molar-refractivity contribution in [3.63, 3.8) is 0 Å². The Morgan fingerprint density at radius 1 is 1.50 bits per heavy atom. The number of hydrogen-bond donors (Lipinski definition) is 1. The molecule has 5 heteroatoms. The summed E-state index contributed by atoms with van der Waals surface area (Å²) in [6.07, 6.45) is 0. The van der Waals surface area contributed by atoms with Crippen molar-refractivity contribution in [3.8, 4) is 0 Å². The van der Waals surface area contributed by atoms with Crippen molar-refractivity contribution in [2.75, 3.05) is 26.2 Å². The van der Waals surface area contributed by atoms with E-state index in [9.17, 15) is 4.79 Å². The van der Waals surface area contributed by atoms with Gasteiger partial charge in [0.25, 0.3) is 5.91 Å². The summed E-state index contributed by atoms with van der Waals surface area (Å²) in [6.45, 7) is 3.41. The first kappa shape index (κ1) is 10.1. The number of carbonyl (C=O) groups is 1. The Labute approximate surface area is 95.2 Å². The molecule has 2 heterocycles. The van der Waals surface area contributed by atoms with Gasteiger partial charge in [-0.3, -0.25) is 4.79 Å². The van der Waals surface area contributed by atoms with Crippen LogP contribution in [-0.4, -0.2) is 37.0 Å². The lowest BCUT2D eigenvalue weighted by Gasteiger charge is -2.27. The zero-order chi connectivity index (χ0) is 9.97. The summed E-state index contributed by atoms with van der Waals surface area (Å²) < 4.78 is 0.932. The van der Waals surface area contributed by atoms with E-state index >= 15 is 0 Å². The Kier molecular flexibility index (Phi) is 3.20. The van der Waals surface area contributed by atoms with E-state index in [1.54, 1.807) is 11.3 Å². The first-order chi connectivity index (χ1) is 6.79. The molecule has 0 unspecified atom stereocenters. The summed E-state index contributed by atoms with van der Waals surface area (Å²) in [5.74, 6) is 0.139. The second kappa shape index (κ2) is 4.42. The molecule has 0 radical (unpaired) electrons. The third-order valence-corrected chi connectivity index (χ3v) is 3.94. The summed E-state index contributed by atoms with van der Waals surface area (Å²) in [5.41, 5.74) is 0.789. The van der Waals surface area contributed by atoms with E-state index in [0.717, 1.165) is 35.5 Å². The molecule has 1 aromatic rings. The van der Waals surface area contributed by atoms with Crippen LogP contribution in [0.1, 0.15) is 10.4 Å². The van der Waals surface area contributed by atoms with E-state index in [1.165, 1.54) is 0 Å². The third kappa shape index (κ3) is 1.99. The molecule has 0 spiro atoms. The molecule has 0 atom stereocenters. The first-order valence-electron chi connectivity index (χ1n) is 4.52. The highest BCUT2D eigenvalue weighted by atomic mass is 79.9. The molecule has 3 nitrogen and oxygen atoms in total. The summed E-state index contributed by atoms with van der Waals surface area (Å²) in [7, 11) is 0. The number of nitrogens with one attached hydrogen (secondary N) is 1. The van der Waals surface area contributed by atoms with Crippen LogP contribution in [-0.2, 0) is 0 Å². The van der Waals surface area contributed by atoms with Gasteiger partial charge in [0.15, 0.2) is 0 Å². The fraction of sp³-hybridized carbons (Fsp3) is 0.444. The zero-order valence-electron chi connectivity index (χ0n) is 7.62. The number of amides is 1. The van der Waals surface area contributed by atoms with Crippen molar-refractivity contribution in [1.82, 2.24) is 10.2 Å². The van der Waals surface area contributed by atoms with Gasteiger partial charge in [0.05, 0.1) is 9.35 Å². The third-order valence-electron chi connectivity index (χ3n) is 2.25. The lowest BCUT2D eigenvalue weighted by molar-refractivity contribution is 0.0735. The van der Waals surface area contributed by atoms with Gasteiger partial charge in [-0.05, 0) is 27.4 Å². The Morgan fingerprint density at radius 2 is 2.21 bits per heavy atom.